The highest BCUT2D eigenvalue weighted by Gasteiger charge is 2.16. The second-order valence-electron chi connectivity index (χ2n) is 4.08. The molecule has 1 fully saturated rings. The van der Waals surface area contributed by atoms with Gasteiger partial charge in [0.05, 0.1) is 0 Å². The molecule has 76 valence electrons. The summed E-state index contributed by atoms with van der Waals surface area (Å²) < 4.78 is 1.17. The number of nitrogens with one attached hydrogen (secondary N) is 1. The van der Waals surface area contributed by atoms with Crippen LogP contribution in [0.2, 0.25) is 0 Å². The number of hydrogen-bond donors (Lipinski definition) is 1. The van der Waals surface area contributed by atoms with Crippen molar-refractivity contribution >= 4 is 15.9 Å². The normalized spacial score (nSPS) is 16.7. The molecule has 1 nitrogen and oxygen atoms in total. The van der Waals surface area contributed by atoms with Crippen LogP contribution in [0.1, 0.15) is 30.4 Å². The molecule has 1 N–H and O–H groups in total. The Kier molecular flexibility index (Phi) is 3.24. The first-order valence-corrected chi connectivity index (χ1v) is 6.03. The van der Waals surface area contributed by atoms with Crippen LogP contribution in [-0.4, -0.2) is 6.04 Å². The first-order chi connectivity index (χ1) is 6.75. The molecule has 14 heavy (non-hydrogen) atoms. The Morgan fingerprint density at radius 1 is 1.43 bits per heavy atom. The van der Waals surface area contributed by atoms with Crippen molar-refractivity contribution in [2.24, 2.45) is 0 Å². The maximum absolute atomic E-state index is 3.58. The minimum atomic E-state index is 0.772. The highest BCUT2D eigenvalue weighted by molar-refractivity contribution is 9.10. The standard InChI is InChI=1S/C12H16BrN/c1-9-5-6-11(13)7-10(9)8-14-12-3-2-4-12/h5-7,12,14H,2-4,8H2,1H3. The van der Waals surface area contributed by atoms with Crippen LogP contribution in [0.15, 0.2) is 22.7 Å². The fraction of sp³-hybridized carbons (Fsp3) is 0.500. The van der Waals surface area contributed by atoms with Crippen molar-refractivity contribution in [2.45, 2.75) is 38.8 Å². The van der Waals surface area contributed by atoms with Crippen molar-refractivity contribution in [3.63, 3.8) is 0 Å². The molecule has 0 radical (unpaired) electrons. The van der Waals surface area contributed by atoms with E-state index in [-0.39, 0.29) is 0 Å². The van der Waals surface area contributed by atoms with Crippen LogP contribution < -0.4 is 5.32 Å². The Hall–Kier alpha value is -0.340. The molecular formula is C12H16BrN. The van der Waals surface area contributed by atoms with Gasteiger partial charge in [-0.15, -0.1) is 0 Å². The molecule has 1 saturated carbocycles. The highest BCUT2D eigenvalue weighted by Crippen LogP contribution is 2.20. The zero-order valence-corrected chi connectivity index (χ0v) is 10.1. The van der Waals surface area contributed by atoms with Gasteiger partial charge in [0.15, 0.2) is 0 Å². The van der Waals surface area contributed by atoms with Crippen molar-refractivity contribution in [1.82, 2.24) is 5.32 Å². The third kappa shape index (κ3) is 2.37. The number of aryl methyl sites for hydroxylation is 1. The Balaban J connectivity index is 1.96. The summed E-state index contributed by atoms with van der Waals surface area (Å²) in [5.74, 6) is 0. The van der Waals surface area contributed by atoms with Crippen molar-refractivity contribution in [3.05, 3.63) is 33.8 Å². The smallest absolute Gasteiger partial charge is 0.0211 e. The summed E-state index contributed by atoms with van der Waals surface area (Å²) in [6, 6.07) is 7.25. The molecule has 1 aliphatic rings. The molecule has 1 aromatic rings. The van der Waals surface area contributed by atoms with Gasteiger partial charge in [0, 0.05) is 17.1 Å². The van der Waals surface area contributed by atoms with E-state index in [1.165, 1.54) is 34.9 Å². The predicted molar refractivity (Wildman–Crippen MR) is 63.4 cm³/mol. The number of halogens is 1. The molecule has 0 heterocycles. The Morgan fingerprint density at radius 2 is 2.21 bits per heavy atom. The molecule has 0 saturated heterocycles. The zero-order valence-electron chi connectivity index (χ0n) is 8.52. The minimum absolute atomic E-state index is 0.772. The van der Waals surface area contributed by atoms with Gasteiger partial charge >= 0.3 is 0 Å². The maximum atomic E-state index is 3.58. The van der Waals surface area contributed by atoms with E-state index in [0.29, 0.717) is 0 Å². The van der Waals surface area contributed by atoms with Gasteiger partial charge in [0.1, 0.15) is 0 Å². The minimum Gasteiger partial charge on any atom is -0.310 e. The third-order valence-electron chi connectivity index (χ3n) is 3.00. The third-order valence-corrected chi connectivity index (χ3v) is 3.49. The molecule has 0 spiro atoms. The van der Waals surface area contributed by atoms with Crippen LogP contribution in [0.25, 0.3) is 0 Å². The molecule has 0 bridgehead atoms. The van der Waals surface area contributed by atoms with E-state index in [0.717, 1.165) is 12.6 Å². The van der Waals surface area contributed by atoms with Gasteiger partial charge in [-0.1, -0.05) is 28.4 Å². The lowest BCUT2D eigenvalue weighted by atomic mass is 9.93. The Labute approximate surface area is 94.0 Å². The molecule has 0 atom stereocenters. The molecule has 1 aromatic carbocycles. The molecule has 0 aliphatic heterocycles. The summed E-state index contributed by atoms with van der Waals surface area (Å²) in [7, 11) is 0. The SMILES string of the molecule is Cc1ccc(Br)cc1CNC1CCC1. The quantitative estimate of drug-likeness (QED) is 0.871. The van der Waals surface area contributed by atoms with Crippen LogP contribution in [-0.2, 0) is 6.54 Å². The summed E-state index contributed by atoms with van der Waals surface area (Å²) in [4.78, 5) is 0. The Bertz CT molecular complexity index is 318. The van der Waals surface area contributed by atoms with Gasteiger partial charge in [-0.25, -0.2) is 0 Å². The molecule has 1 aliphatic carbocycles. The van der Waals surface area contributed by atoms with Gasteiger partial charge in [-0.3, -0.25) is 0 Å². The topological polar surface area (TPSA) is 12.0 Å². The Morgan fingerprint density at radius 3 is 2.86 bits per heavy atom. The van der Waals surface area contributed by atoms with Gasteiger partial charge in [-0.2, -0.15) is 0 Å². The first kappa shape index (κ1) is 10.2. The van der Waals surface area contributed by atoms with E-state index < -0.39 is 0 Å². The highest BCUT2D eigenvalue weighted by atomic mass is 79.9. The van der Waals surface area contributed by atoms with Crippen LogP contribution >= 0.6 is 15.9 Å². The molecular weight excluding hydrogens is 238 g/mol. The lowest BCUT2D eigenvalue weighted by molar-refractivity contribution is 0.338. The van der Waals surface area contributed by atoms with Crippen molar-refractivity contribution in [1.29, 1.82) is 0 Å². The van der Waals surface area contributed by atoms with Crippen molar-refractivity contribution in [2.75, 3.05) is 0 Å². The average molecular weight is 254 g/mol. The van der Waals surface area contributed by atoms with Crippen LogP contribution in [0.3, 0.4) is 0 Å². The monoisotopic (exact) mass is 253 g/mol. The second-order valence-corrected chi connectivity index (χ2v) is 5.00. The maximum Gasteiger partial charge on any atom is 0.0211 e. The van der Waals surface area contributed by atoms with E-state index in [1.54, 1.807) is 0 Å². The van der Waals surface area contributed by atoms with E-state index >= 15 is 0 Å². The zero-order chi connectivity index (χ0) is 9.97. The first-order valence-electron chi connectivity index (χ1n) is 5.24. The van der Waals surface area contributed by atoms with Gasteiger partial charge in [0.2, 0.25) is 0 Å². The van der Waals surface area contributed by atoms with E-state index in [9.17, 15) is 0 Å². The molecule has 2 heteroatoms. The number of hydrogen-bond acceptors (Lipinski definition) is 1. The summed E-state index contributed by atoms with van der Waals surface area (Å²) in [5.41, 5.74) is 2.78. The van der Waals surface area contributed by atoms with E-state index in [4.69, 9.17) is 0 Å². The molecule has 0 unspecified atom stereocenters. The van der Waals surface area contributed by atoms with Gasteiger partial charge in [-0.05, 0) is 43.0 Å². The van der Waals surface area contributed by atoms with Gasteiger partial charge in [0.25, 0.3) is 0 Å². The lowest BCUT2D eigenvalue weighted by Gasteiger charge is -2.26. The van der Waals surface area contributed by atoms with Crippen LogP contribution in [0, 0.1) is 6.92 Å². The summed E-state index contributed by atoms with van der Waals surface area (Å²) in [6.45, 7) is 3.18. The fourth-order valence-electron chi connectivity index (χ4n) is 1.70. The van der Waals surface area contributed by atoms with Crippen molar-refractivity contribution < 1.29 is 0 Å². The summed E-state index contributed by atoms with van der Waals surface area (Å²) in [6.07, 6.45) is 4.11. The number of benzene rings is 1. The van der Waals surface area contributed by atoms with Gasteiger partial charge < -0.3 is 5.32 Å². The van der Waals surface area contributed by atoms with Crippen LogP contribution in [0.4, 0.5) is 0 Å². The fourth-order valence-corrected chi connectivity index (χ4v) is 2.11. The van der Waals surface area contributed by atoms with E-state index in [2.05, 4.69) is 46.4 Å². The largest absolute Gasteiger partial charge is 0.310 e. The molecule has 0 aromatic heterocycles. The average Bonchev–Trinajstić information content (AvgIpc) is 2.08. The summed E-state index contributed by atoms with van der Waals surface area (Å²) in [5, 5.41) is 3.58. The van der Waals surface area contributed by atoms with Crippen molar-refractivity contribution in [3.8, 4) is 0 Å². The summed E-state index contributed by atoms with van der Waals surface area (Å²) >= 11 is 3.51. The second kappa shape index (κ2) is 4.45. The van der Waals surface area contributed by atoms with Crippen LogP contribution in [0.5, 0.6) is 0 Å². The number of rotatable bonds is 3. The predicted octanol–water partition coefficient (Wildman–Crippen LogP) is 3.40. The molecule has 2 rings (SSSR count). The lowest BCUT2D eigenvalue weighted by Crippen LogP contribution is -2.34. The molecule has 0 amide bonds. The van der Waals surface area contributed by atoms with E-state index in [1.807, 2.05) is 0 Å².